The molecule has 1 aliphatic heterocycles. The number of anilines is 2. The minimum Gasteiger partial charge on any atom is -0.368 e. The fourth-order valence-electron chi connectivity index (χ4n) is 2.37. The van der Waals surface area contributed by atoms with Crippen molar-refractivity contribution in [1.82, 2.24) is 19.9 Å². The maximum atomic E-state index is 5.97. The van der Waals surface area contributed by atoms with Gasteiger partial charge in [-0.15, -0.1) is 0 Å². The predicted octanol–water partition coefficient (Wildman–Crippen LogP) is -0.169. The lowest BCUT2D eigenvalue weighted by molar-refractivity contribution is 0.136. The van der Waals surface area contributed by atoms with Gasteiger partial charge in [-0.25, -0.2) is 0 Å². The summed E-state index contributed by atoms with van der Waals surface area (Å²) >= 11 is 0. The van der Waals surface area contributed by atoms with E-state index in [0.29, 0.717) is 24.6 Å². The van der Waals surface area contributed by atoms with E-state index in [1.165, 1.54) is 0 Å². The van der Waals surface area contributed by atoms with Crippen molar-refractivity contribution in [1.29, 1.82) is 0 Å². The van der Waals surface area contributed by atoms with Gasteiger partial charge in [0, 0.05) is 32.7 Å². The molecule has 0 aromatic carbocycles. The van der Waals surface area contributed by atoms with Crippen LogP contribution in [0, 0.1) is 0 Å². The smallest absolute Gasteiger partial charge is 0.229 e. The first-order valence-corrected chi connectivity index (χ1v) is 6.63. The van der Waals surface area contributed by atoms with Crippen molar-refractivity contribution in [3.8, 4) is 0 Å². The number of hydrogen-bond acceptors (Lipinski definition) is 7. The van der Waals surface area contributed by atoms with Crippen molar-refractivity contribution in [2.45, 2.75) is 38.4 Å². The Labute approximate surface area is 114 Å². The van der Waals surface area contributed by atoms with Crippen LogP contribution in [0.1, 0.15) is 25.6 Å². The summed E-state index contributed by atoms with van der Waals surface area (Å²) in [5, 5.41) is 0. The average molecular weight is 265 g/mol. The molecule has 0 amide bonds. The van der Waals surface area contributed by atoms with Crippen LogP contribution in [0.15, 0.2) is 0 Å². The summed E-state index contributed by atoms with van der Waals surface area (Å²) < 4.78 is 0. The molecule has 0 bridgehead atoms. The van der Waals surface area contributed by atoms with Crippen LogP contribution in [0.2, 0.25) is 0 Å². The largest absolute Gasteiger partial charge is 0.368 e. The summed E-state index contributed by atoms with van der Waals surface area (Å²) in [6, 6.07) is 0.761. The number of nitrogen functional groups attached to an aromatic ring is 1. The zero-order valence-corrected chi connectivity index (χ0v) is 11.9. The molecule has 4 N–H and O–H groups in total. The number of piperidine rings is 1. The molecule has 0 saturated carbocycles. The zero-order valence-electron chi connectivity index (χ0n) is 11.9. The van der Waals surface area contributed by atoms with Gasteiger partial charge in [-0.05, 0) is 19.8 Å². The van der Waals surface area contributed by atoms with Gasteiger partial charge in [-0.2, -0.15) is 15.0 Å². The number of rotatable bonds is 3. The normalized spacial score (nSPS) is 24.4. The van der Waals surface area contributed by atoms with Crippen LogP contribution in [0.4, 0.5) is 11.9 Å². The van der Waals surface area contributed by atoms with E-state index < -0.39 is 0 Å². The number of nitrogens with two attached hydrogens (primary N) is 2. The van der Waals surface area contributed by atoms with Crippen molar-refractivity contribution < 1.29 is 0 Å². The molecule has 0 aliphatic carbocycles. The molecule has 2 atom stereocenters. The molecule has 7 heteroatoms. The molecule has 0 spiro atoms. The molecule has 7 nitrogen and oxygen atoms in total. The Balaban J connectivity index is 2.10. The molecule has 2 heterocycles. The van der Waals surface area contributed by atoms with E-state index in [1.807, 2.05) is 19.0 Å². The summed E-state index contributed by atoms with van der Waals surface area (Å²) in [7, 11) is 3.78. The Hall–Kier alpha value is -1.47. The molecule has 2 unspecified atom stereocenters. The summed E-state index contributed by atoms with van der Waals surface area (Å²) in [6.45, 7) is 3.86. The third kappa shape index (κ3) is 3.51. The van der Waals surface area contributed by atoms with Crippen LogP contribution in [0.5, 0.6) is 0 Å². The van der Waals surface area contributed by atoms with Gasteiger partial charge in [0.05, 0.1) is 6.54 Å². The Bertz CT molecular complexity index is 434. The maximum absolute atomic E-state index is 5.97. The summed E-state index contributed by atoms with van der Waals surface area (Å²) in [6.07, 6.45) is 2.03. The third-order valence-electron chi connectivity index (χ3n) is 3.49. The van der Waals surface area contributed by atoms with E-state index in [-0.39, 0.29) is 5.95 Å². The molecule has 2 rings (SSSR count). The Morgan fingerprint density at radius 3 is 2.68 bits per heavy atom. The third-order valence-corrected chi connectivity index (χ3v) is 3.49. The van der Waals surface area contributed by atoms with Gasteiger partial charge in [0.1, 0.15) is 5.82 Å². The first kappa shape index (κ1) is 14.0. The van der Waals surface area contributed by atoms with Gasteiger partial charge >= 0.3 is 0 Å². The van der Waals surface area contributed by atoms with Gasteiger partial charge in [-0.3, -0.25) is 4.90 Å². The van der Waals surface area contributed by atoms with E-state index in [9.17, 15) is 0 Å². The quantitative estimate of drug-likeness (QED) is 0.783. The van der Waals surface area contributed by atoms with Gasteiger partial charge in [-0.1, -0.05) is 0 Å². The number of nitrogens with zero attached hydrogens (tertiary/aromatic N) is 5. The average Bonchev–Trinajstić information content (AvgIpc) is 2.32. The highest BCUT2D eigenvalue weighted by molar-refractivity contribution is 5.32. The standard InChI is InChI=1S/C12H23N7/c1-8-6-9(13)4-5-19(8)7-10-15-11(14)17-12(16-10)18(2)3/h8-9H,4-7,13H2,1-3H3,(H2,14,15,16,17). The monoisotopic (exact) mass is 265 g/mol. The molecule has 0 radical (unpaired) electrons. The van der Waals surface area contributed by atoms with Crippen molar-refractivity contribution in [3.63, 3.8) is 0 Å². The number of hydrogen-bond donors (Lipinski definition) is 2. The maximum Gasteiger partial charge on any atom is 0.229 e. The highest BCUT2D eigenvalue weighted by Crippen LogP contribution is 2.18. The summed E-state index contributed by atoms with van der Waals surface area (Å²) in [4.78, 5) is 16.9. The highest BCUT2D eigenvalue weighted by atomic mass is 15.3. The van der Waals surface area contributed by atoms with Crippen LogP contribution in [-0.4, -0.2) is 52.6 Å². The fourth-order valence-corrected chi connectivity index (χ4v) is 2.37. The molecular weight excluding hydrogens is 242 g/mol. The molecule has 1 aromatic heterocycles. The highest BCUT2D eigenvalue weighted by Gasteiger charge is 2.24. The lowest BCUT2D eigenvalue weighted by Gasteiger charge is -2.35. The van der Waals surface area contributed by atoms with E-state index in [4.69, 9.17) is 11.5 Å². The van der Waals surface area contributed by atoms with Crippen LogP contribution < -0.4 is 16.4 Å². The second-order valence-electron chi connectivity index (χ2n) is 5.41. The van der Waals surface area contributed by atoms with Gasteiger partial charge in [0.25, 0.3) is 0 Å². The Morgan fingerprint density at radius 1 is 1.32 bits per heavy atom. The van der Waals surface area contributed by atoms with Gasteiger partial charge < -0.3 is 16.4 Å². The van der Waals surface area contributed by atoms with E-state index >= 15 is 0 Å². The molecule has 106 valence electrons. The van der Waals surface area contributed by atoms with Gasteiger partial charge in [0.15, 0.2) is 0 Å². The SMILES string of the molecule is CC1CC(N)CCN1Cc1nc(N)nc(N(C)C)n1. The molecule has 1 fully saturated rings. The Morgan fingerprint density at radius 2 is 2.05 bits per heavy atom. The number of likely N-dealkylation sites (tertiary alicyclic amines) is 1. The topological polar surface area (TPSA) is 97.2 Å². The van der Waals surface area contributed by atoms with Crippen molar-refractivity contribution in [2.75, 3.05) is 31.3 Å². The first-order chi connectivity index (χ1) is 8.95. The van der Waals surface area contributed by atoms with E-state index in [0.717, 1.165) is 25.2 Å². The molecule has 1 aliphatic rings. The van der Waals surface area contributed by atoms with Crippen molar-refractivity contribution in [3.05, 3.63) is 5.82 Å². The molecular formula is C12H23N7. The Kier molecular flexibility index (Phi) is 4.16. The minimum atomic E-state index is 0.273. The molecule has 19 heavy (non-hydrogen) atoms. The lowest BCUT2D eigenvalue weighted by Crippen LogP contribution is -2.45. The molecule has 1 saturated heterocycles. The van der Waals surface area contributed by atoms with Crippen LogP contribution in [0.3, 0.4) is 0 Å². The van der Waals surface area contributed by atoms with E-state index in [1.54, 1.807) is 0 Å². The lowest BCUT2D eigenvalue weighted by atomic mass is 9.99. The second-order valence-corrected chi connectivity index (χ2v) is 5.41. The van der Waals surface area contributed by atoms with Crippen molar-refractivity contribution in [2.24, 2.45) is 5.73 Å². The predicted molar refractivity (Wildman–Crippen MR) is 75.6 cm³/mol. The van der Waals surface area contributed by atoms with E-state index in [2.05, 4.69) is 26.8 Å². The first-order valence-electron chi connectivity index (χ1n) is 6.63. The van der Waals surface area contributed by atoms with Crippen LogP contribution in [0.25, 0.3) is 0 Å². The summed E-state index contributed by atoms with van der Waals surface area (Å²) in [5.41, 5.74) is 11.7. The minimum absolute atomic E-state index is 0.273. The summed E-state index contributed by atoms with van der Waals surface area (Å²) in [5.74, 6) is 1.59. The molecule has 1 aromatic rings. The van der Waals surface area contributed by atoms with Crippen LogP contribution >= 0.6 is 0 Å². The second kappa shape index (κ2) is 5.66. The zero-order chi connectivity index (χ0) is 14.0. The van der Waals surface area contributed by atoms with Crippen LogP contribution in [-0.2, 0) is 6.54 Å². The fraction of sp³-hybridized carbons (Fsp3) is 0.750. The van der Waals surface area contributed by atoms with Crippen molar-refractivity contribution >= 4 is 11.9 Å². The number of aromatic nitrogens is 3. The van der Waals surface area contributed by atoms with Gasteiger partial charge in [0.2, 0.25) is 11.9 Å².